The van der Waals surface area contributed by atoms with Crippen molar-refractivity contribution in [1.29, 1.82) is 0 Å². The van der Waals surface area contributed by atoms with Crippen molar-refractivity contribution in [3.05, 3.63) is 33.8 Å². The third kappa shape index (κ3) is 2.83. The molecule has 1 aliphatic heterocycles. The van der Waals surface area contributed by atoms with Gasteiger partial charge in [-0.15, -0.1) is 11.6 Å². The SMILES string of the molecule is Cc1ccc(Br)cc1C(=O)N1CCC(CCl)C1. The van der Waals surface area contributed by atoms with Crippen molar-refractivity contribution in [2.45, 2.75) is 13.3 Å². The molecule has 1 heterocycles. The summed E-state index contributed by atoms with van der Waals surface area (Å²) in [6, 6.07) is 5.82. The lowest BCUT2D eigenvalue weighted by Crippen LogP contribution is -2.29. The minimum Gasteiger partial charge on any atom is -0.338 e. The number of nitrogens with zero attached hydrogens (tertiary/aromatic N) is 1. The maximum atomic E-state index is 12.3. The van der Waals surface area contributed by atoms with Crippen molar-refractivity contribution in [2.24, 2.45) is 5.92 Å². The molecule has 1 aliphatic rings. The van der Waals surface area contributed by atoms with Gasteiger partial charge in [0.1, 0.15) is 0 Å². The van der Waals surface area contributed by atoms with Gasteiger partial charge in [0.2, 0.25) is 0 Å². The van der Waals surface area contributed by atoms with Gasteiger partial charge < -0.3 is 4.90 Å². The molecule has 0 radical (unpaired) electrons. The van der Waals surface area contributed by atoms with E-state index < -0.39 is 0 Å². The molecule has 1 unspecified atom stereocenters. The van der Waals surface area contributed by atoms with Crippen molar-refractivity contribution < 1.29 is 4.79 Å². The Hall–Kier alpha value is -0.540. The van der Waals surface area contributed by atoms with E-state index in [4.69, 9.17) is 11.6 Å². The number of likely N-dealkylation sites (tertiary alicyclic amines) is 1. The highest BCUT2D eigenvalue weighted by molar-refractivity contribution is 9.10. The van der Waals surface area contributed by atoms with E-state index in [9.17, 15) is 4.79 Å². The number of alkyl halides is 1. The standard InChI is InChI=1S/C13H15BrClNO/c1-9-2-3-11(14)6-12(9)13(17)16-5-4-10(7-15)8-16/h2-3,6,10H,4-5,7-8H2,1H3. The number of halogens is 2. The Morgan fingerprint density at radius 3 is 3.00 bits per heavy atom. The lowest BCUT2D eigenvalue weighted by molar-refractivity contribution is 0.0787. The first-order valence-corrected chi connectivity index (χ1v) is 7.06. The van der Waals surface area contributed by atoms with Crippen LogP contribution in [0.3, 0.4) is 0 Å². The van der Waals surface area contributed by atoms with Gasteiger partial charge in [-0.2, -0.15) is 0 Å². The van der Waals surface area contributed by atoms with Crippen molar-refractivity contribution in [2.75, 3.05) is 19.0 Å². The lowest BCUT2D eigenvalue weighted by Gasteiger charge is -2.17. The predicted molar refractivity (Wildman–Crippen MR) is 73.6 cm³/mol. The van der Waals surface area contributed by atoms with Crippen molar-refractivity contribution in [3.63, 3.8) is 0 Å². The predicted octanol–water partition coefficient (Wildman–Crippen LogP) is 3.46. The number of carbonyl (C=O) groups excluding carboxylic acids is 1. The third-order valence-corrected chi connectivity index (χ3v) is 4.15. The molecule has 0 aliphatic carbocycles. The summed E-state index contributed by atoms with van der Waals surface area (Å²) >= 11 is 9.24. The van der Waals surface area contributed by atoms with Gasteiger partial charge in [-0.05, 0) is 37.0 Å². The van der Waals surface area contributed by atoms with Crippen molar-refractivity contribution in [3.8, 4) is 0 Å². The Balaban J connectivity index is 2.17. The first-order valence-electron chi connectivity index (χ1n) is 5.73. The normalized spacial score (nSPS) is 19.7. The molecule has 2 rings (SSSR count). The molecular formula is C13H15BrClNO. The number of aryl methyl sites for hydroxylation is 1. The molecule has 0 aromatic heterocycles. The van der Waals surface area contributed by atoms with E-state index in [1.807, 2.05) is 30.0 Å². The summed E-state index contributed by atoms with van der Waals surface area (Å²) in [6.07, 6.45) is 1.02. The minimum absolute atomic E-state index is 0.122. The summed E-state index contributed by atoms with van der Waals surface area (Å²) in [5.74, 6) is 1.21. The van der Waals surface area contributed by atoms with E-state index in [2.05, 4.69) is 15.9 Å². The Labute approximate surface area is 115 Å². The van der Waals surface area contributed by atoms with Gasteiger partial charge in [0, 0.05) is 29.0 Å². The molecule has 1 fully saturated rings. The second kappa shape index (κ2) is 5.40. The smallest absolute Gasteiger partial charge is 0.254 e. The monoisotopic (exact) mass is 315 g/mol. The Morgan fingerprint density at radius 2 is 2.35 bits per heavy atom. The van der Waals surface area contributed by atoms with E-state index in [0.717, 1.165) is 35.1 Å². The number of carbonyl (C=O) groups is 1. The first kappa shape index (κ1) is 12.9. The van der Waals surface area contributed by atoms with Crippen LogP contribution in [0.5, 0.6) is 0 Å². The average molecular weight is 317 g/mol. The Kier molecular flexibility index (Phi) is 4.10. The maximum absolute atomic E-state index is 12.3. The summed E-state index contributed by atoms with van der Waals surface area (Å²) in [6.45, 7) is 3.57. The summed E-state index contributed by atoms with van der Waals surface area (Å²) in [7, 11) is 0. The van der Waals surface area contributed by atoms with Gasteiger partial charge in [0.15, 0.2) is 0 Å². The van der Waals surface area contributed by atoms with Crippen LogP contribution in [0.25, 0.3) is 0 Å². The minimum atomic E-state index is 0.122. The van der Waals surface area contributed by atoms with Crippen LogP contribution in [-0.2, 0) is 0 Å². The molecule has 1 aromatic rings. The molecule has 0 spiro atoms. The van der Waals surface area contributed by atoms with E-state index in [0.29, 0.717) is 11.8 Å². The fourth-order valence-corrected chi connectivity index (χ4v) is 2.75. The summed E-state index contributed by atoms with van der Waals surface area (Å²) in [4.78, 5) is 14.2. The molecular weight excluding hydrogens is 302 g/mol. The fraction of sp³-hybridized carbons (Fsp3) is 0.462. The molecule has 2 nitrogen and oxygen atoms in total. The van der Waals surface area contributed by atoms with Crippen LogP contribution in [0.1, 0.15) is 22.3 Å². The molecule has 1 saturated heterocycles. The molecule has 1 aromatic carbocycles. The molecule has 0 saturated carbocycles. The zero-order chi connectivity index (χ0) is 12.4. The highest BCUT2D eigenvalue weighted by Crippen LogP contribution is 2.22. The largest absolute Gasteiger partial charge is 0.338 e. The second-order valence-electron chi connectivity index (χ2n) is 4.52. The topological polar surface area (TPSA) is 20.3 Å². The quantitative estimate of drug-likeness (QED) is 0.765. The number of amides is 1. The summed E-state index contributed by atoms with van der Waals surface area (Å²) < 4.78 is 0.944. The van der Waals surface area contributed by atoms with Crippen LogP contribution < -0.4 is 0 Å². The van der Waals surface area contributed by atoms with Crippen LogP contribution >= 0.6 is 27.5 Å². The number of benzene rings is 1. The van der Waals surface area contributed by atoms with Gasteiger partial charge in [0.05, 0.1) is 0 Å². The van der Waals surface area contributed by atoms with Crippen molar-refractivity contribution in [1.82, 2.24) is 4.90 Å². The Morgan fingerprint density at radius 1 is 1.59 bits per heavy atom. The van der Waals surface area contributed by atoms with Crippen LogP contribution in [0.4, 0.5) is 0 Å². The number of hydrogen-bond donors (Lipinski definition) is 0. The molecule has 4 heteroatoms. The molecule has 0 N–H and O–H groups in total. The second-order valence-corrected chi connectivity index (χ2v) is 5.74. The number of rotatable bonds is 2. The summed E-state index contributed by atoms with van der Waals surface area (Å²) in [5, 5.41) is 0. The molecule has 1 atom stereocenters. The molecule has 17 heavy (non-hydrogen) atoms. The summed E-state index contributed by atoms with van der Waals surface area (Å²) in [5.41, 5.74) is 1.81. The molecule has 1 amide bonds. The van der Waals surface area contributed by atoms with Gasteiger partial charge >= 0.3 is 0 Å². The lowest BCUT2D eigenvalue weighted by atomic mass is 10.1. The first-order chi connectivity index (χ1) is 8.11. The zero-order valence-corrected chi connectivity index (χ0v) is 12.1. The van der Waals surface area contributed by atoms with Crippen LogP contribution in [0.15, 0.2) is 22.7 Å². The highest BCUT2D eigenvalue weighted by atomic mass is 79.9. The van der Waals surface area contributed by atoms with Crippen LogP contribution in [0.2, 0.25) is 0 Å². The van der Waals surface area contributed by atoms with Gasteiger partial charge in [0.25, 0.3) is 5.91 Å². The van der Waals surface area contributed by atoms with Gasteiger partial charge in [-0.1, -0.05) is 22.0 Å². The van der Waals surface area contributed by atoms with Crippen LogP contribution in [0, 0.1) is 12.8 Å². The third-order valence-electron chi connectivity index (χ3n) is 3.22. The molecule has 92 valence electrons. The average Bonchev–Trinajstić information content (AvgIpc) is 2.80. The van der Waals surface area contributed by atoms with E-state index >= 15 is 0 Å². The van der Waals surface area contributed by atoms with Gasteiger partial charge in [-0.25, -0.2) is 0 Å². The van der Waals surface area contributed by atoms with Crippen LogP contribution in [-0.4, -0.2) is 29.8 Å². The van der Waals surface area contributed by atoms with Gasteiger partial charge in [-0.3, -0.25) is 4.79 Å². The molecule has 0 bridgehead atoms. The fourth-order valence-electron chi connectivity index (χ4n) is 2.14. The van der Waals surface area contributed by atoms with E-state index in [1.165, 1.54) is 0 Å². The van der Waals surface area contributed by atoms with E-state index in [-0.39, 0.29) is 5.91 Å². The maximum Gasteiger partial charge on any atom is 0.254 e. The Bertz CT molecular complexity index is 435. The zero-order valence-electron chi connectivity index (χ0n) is 9.75. The van der Waals surface area contributed by atoms with Crippen molar-refractivity contribution >= 4 is 33.4 Å². The van der Waals surface area contributed by atoms with E-state index in [1.54, 1.807) is 0 Å². The highest BCUT2D eigenvalue weighted by Gasteiger charge is 2.27. The number of hydrogen-bond acceptors (Lipinski definition) is 1.